The minimum atomic E-state index is -0.414. The molecule has 0 saturated heterocycles. The van der Waals surface area contributed by atoms with Crippen LogP contribution in [0.5, 0.6) is 0 Å². The van der Waals surface area contributed by atoms with Crippen LogP contribution in [0.15, 0.2) is 36.4 Å². The molecule has 0 heterocycles. The molecule has 0 unspecified atom stereocenters. The van der Waals surface area contributed by atoms with Crippen molar-refractivity contribution in [1.29, 1.82) is 0 Å². The van der Waals surface area contributed by atoms with Gasteiger partial charge in [-0.3, -0.25) is 4.79 Å². The highest BCUT2D eigenvalue weighted by Gasteiger charge is 2.09. The first-order valence-corrected chi connectivity index (χ1v) is 6.07. The first-order chi connectivity index (χ1) is 9.51. The van der Waals surface area contributed by atoms with Gasteiger partial charge in [0.25, 0.3) is 5.91 Å². The van der Waals surface area contributed by atoms with E-state index in [1.54, 1.807) is 6.92 Å². The molecule has 0 saturated carbocycles. The highest BCUT2D eigenvalue weighted by atomic mass is 19.1. The molecule has 5 heteroatoms. The lowest BCUT2D eigenvalue weighted by Crippen LogP contribution is -2.13. The van der Waals surface area contributed by atoms with E-state index < -0.39 is 5.82 Å². The number of benzene rings is 2. The Labute approximate surface area is 115 Å². The Balaban J connectivity index is 2.21. The Kier molecular flexibility index (Phi) is 4.10. The van der Waals surface area contributed by atoms with E-state index in [4.69, 9.17) is 5.73 Å². The van der Waals surface area contributed by atoms with E-state index in [-0.39, 0.29) is 18.3 Å². The van der Waals surface area contributed by atoms with Crippen LogP contribution in [0.25, 0.3) is 0 Å². The molecule has 0 radical (unpaired) electrons. The van der Waals surface area contributed by atoms with E-state index in [1.165, 1.54) is 36.4 Å². The van der Waals surface area contributed by atoms with Crippen molar-refractivity contribution in [2.45, 2.75) is 13.5 Å². The Bertz CT molecular complexity index is 656. The van der Waals surface area contributed by atoms with Gasteiger partial charge in [-0.15, -0.1) is 0 Å². The van der Waals surface area contributed by atoms with Crippen molar-refractivity contribution in [2.24, 2.45) is 5.73 Å². The molecule has 0 aliphatic carbocycles. The third-order valence-corrected chi connectivity index (χ3v) is 2.94. The quantitative estimate of drug-likeness (QED) is 0.905. The first kappa shape index (κ1) is 14.1. The van der Waals surface area contributed by atoms with Crippen molar-refractivity contribution in [3.05, 3.63) is 64.7 Å². The summed E-state index contributed by atoms with van der Waals surface area (Å²) in [6.45, 7) is 1.63. The van der Waals surface area contributed by atoms with Crippen LogP contribution in [0.3, 0.4) is 0 Å². The summed E-state index contributed by atoms with van der Waals surface area (Å²) < 4.78 is 26.4. The van der Waals surface area contributed by atoms with Crippen molar-refractivity contribution in [3.8, 4) is 0 Å². The van der Waals surface area contributed by atoms with E-state index in [0.717, 1.165) is 0 Å². The van der Waals surface area contributed by atoms with Gasteiger partial charge in [-0.25, -0.2) is 8.78 Å². The lowest BCUT2D eigenvalue weighted by atomic mass is 10.1. The second-order valence-electron chi connectivity index (χ2n) is 4.43. The van der Waals surface area contributed by atoms with E-state index in [2.05, 4.69) is 5.32 Å². The second-order valence-corrected chi connectivity index (χ2v) is 4.43. The molecule has 2 rings (SSSR count). The zero-order valence-corrected chi connectivity index (χ0v) is 10.9. The van der Waals surface area contributed by atoms with Crippen molar-refractivity contribution in [3.63, 3.8) is 0 Å². The number of hydrogen-bond donors (Lipinski definition) is 2. The summed E-state index contributed by atoms with van der Waals surface area (Å²) in [6, 6.07) is 8.25. The topological polar surface area (TPSA) is 55.1 Å². The molecular formula is C15H14F2N2O. The maximum atomic E-state index is 13.3. The number of anilines is 1. The fourth-order valence-electron chi connectivity index (χ4n) is 1.80. The van der Waals surface area contributed by atoms with Crippen molar-refractivity contribution < 1.29 is 13.6 Å². The fraction of sp³-hybridized carbons (Fsp3) is 0.133. The minimum absolute atomic E-state index is 0.0468. The van der Waals surface area contributed by atoms with E-state index in [0.29, 0.717) is 22.4 Å². The molecule has 0 fully saturated rings. The molecule has 0 aliphatic heterocycles. The maximum absolute atomic E-state index is 13.3. The summed E-state index contributed by atoms with van der Waals surface area (Å²) in [6.07, 6.45) is 0. The minimum Gasteiger partial charge on any atom is -0.326 e. The highest BCUT2D eigenvalue weighted by molar-refractivity contribution is 6.04. The molecule has 3 nitrogen and oxygen atoms in total. The summed E-state index contributed by atoms with van der Waals surface area (Å²) in [4.78, 5) is 12.0. The van der Waals surface area contributed by atoms with Crippen LogP contribution < -0.4 is 11.1 Å². The molecule has 0 spiro atoms. The predicted octanol–water partition coefficient (Wildman–Crippen LogP) is 2.98. The van der Waals surface area contributed by atoms with Crippen LogP contribution in [-0.4, -0.2) is 5.91 Å². The third-order valence-electron chi connectivity index (χ3n) is 2.94. The van der Waals surface area contributed by atoms with Crippen LogP contribution in [0.1, 0.15) is 21.5 Å². The molecule has 104 valence electrons. The largest absolute Gasteiger partial charge is 0.326 e. The van der Waals surface area contributed by atoms with Gasteiger partial charge in [0, 0.05) is 23.4 Å². The van der Waals surface area contributed by atoms with E-state index in [1.807, 2.05) is 0 Å². The van der Waals surface area contributed by atoms with Crippen LogP contribution in [-0.2, 0) is 6.54 Å². The maximum Gasteiger partial charge on any atom is 0.255 e. The molecule has 1 amide bonds. The Morgan fingerprint density at radius 1 is 1.15 bits per heavy atom. The van der Waals surface area contributed by atoms with Crippen LogP contribution in [0.2, 0.25) is 0 Å². The summed E-state index contributed by atoms with van der Waals surface area (Å²) in [5.41, 5.74) is 6.89. The van der Waals surface area contributed by atoms with Gasteiger partial charge >= 0.3 is 0 Å². The summed E-state index contributed by atoms with van der Waals surface area (Å²) in [5.74, 6) is -1.17. The number of hydrogen-bond acceptors (Lipinski definition) is 2. The van der Waals surface area contributed by atoms with E-state index in [9.17, 15) is 13.6 Å². The smallest absolute Gasteiger partial charge is 0.255 e. The Morgan fingerprint density at radius 2 is 1.85 bits per heavy atom. The number of carbonyl (C=O) groups is 1. The number of rotatable bonds is 3. The van der Waals surface area contributed by atoms with Gasteiger partial charge in [0.2, 0.25) is 0 Å². The molecule has 20 heavy (non-hydrogen) atoms. The molecule has 3 N–H and O–H groups in total. The monoisotopic (exact) mass is 276 g/mol. The van der Waals surface area contributed by atoms with Crippen molar-refractivity contribution >= 4 is 11.6 Å². The number of carbonyl (C=O) groups excluding carboxylic acids is 1. The average Bonchev–Trinajstić information content (AvgIpc) is 2.43. The predicted molar refractivity (Wildman–Crippen MR) is 73.4 cm³/mol. The van der Waals surface area contributed by atoms with Gasteiger partial charge in [-0.05, 0) is 48.9 Å². The van der Waals surface area contributed by atoms with Crippen LogP contribution in [0.4, 0.5) is 14.5 Å². The summed E-state index contributed by atoms with van der Waals surface area (Å²) in [5, 5.41) is 2.62. The average molecular weight is 276 g/mol. The van der Waals surface area contributed by atoms with E-state index >= 15 is 0 Å². The van der Waals surface area contributed by atoms with Crippen LogP contribution in [0, 0.1) is 18.6 Å². The number of aryl methyl sites for hydroxylation is 1. The lowest BCUT2D eigenvalue weighted by Gasteiger charge is -2.08. The first-order valence-electron chi connectivity index (χ1n) is 6.07. The molecule has 2 aromatic rings. The second kappa shape index (κ2) is 5.79. The van der Waals surface area contributed by atoms with Crippen molar-refractivity contribution in [2.75, 3.05) is 5.32 Å². The van der Waals surface area contributed by atoms with Crippen molar-refractivity contribution in [1.82, 2.24) is 0 Å². The Hall–Kier alpha value is -2.27. The molecule has 2 aromatic carbocycles. The van der Waals surface area contributed by atoms with Crippen LogP contribution >= 0.6 is 0 Å². The Morgan fingerprint density at radius 3 is 2.50 bits per heavy atom. The van der Waals surface area contributed by atoms with Gasteiger partial charge in [0.1, 0.15) is 11.6 Å². The number of nitrogens with two attached hydrogens (primary N) is 1. The fourth-order valence-corrected chi connectivity index (χ4v) is 1.80. The lowest BCUT2D eigenvalue weighted by molar-refractivity contribution is 0.102. The summed E-state index contributed by atoms with van der Waals surface area (Å²) in [7, 11) is 0. The van der Waals surface area contributed by atoms with Gasteiger partial charge in [-0.2, -0.15) is 0 Å². The number of halogens is 2. The van der Waals surface area contributed by atoms with Gasteiger partial charge in [0.15, 0.2) is 0 Å². The van der Waals surface area contributed by atoms with Gasteiger partial charge in [-0.1, -0.05) is 0 Å². The molecule has 0 aromatic heterocycles. The zero-order valence-electron chi connectivity index (χ0n) is 10.9. The standard InChI is InChI=1S/C15H14F2N2O/c1-9-6-10(2-4-13(9)16)15(20)19-12-3-5-14(17)11(7-12)8-18/h2-7H,8,18H2,1H3,(H,19,20). The van der Waals surface area contributed by atoms with Gasteiger partial charge < -0.3 is 11.1 Å². The number of amides is 1. The zero-order chi connectivity index (χ0) is 14.7. The summed E-state index contributed by atoms with van der Waals surface area (Å²) >= 11 is 0. The molecular weight excluding hydrogens is 262 g/mol. The number of nitrogens with one attached hydrogen (secondary N) is 1. The normalized spacial score (nSPS) is 10.4. The molecule has 0 bridgehead atoms. The molecule has 0 atom stereocenters. The molecule has 0 aliphatic rings. The third kappa shape index (κ3) is 3.00. The highest BCUT2D eigenvalue weighted by Crippen LogP contribution is 2.16. The van der Waals surface area contributed by atoms with Gasteiger partial charge in [0.05, 0.1) is 0 Å². The SMILES string of the molecule is Cc1cc(C(=O)Nc2ccc(F)c(CN)c2)ccc1F.